The molecule has 1 aromatic rings. The zero-order chi connectivity index (χ0) is 14.3. The van der Waals surface area contributed by atoms with Gasteiger partial charge in [0.1, 0.15) is 4.90 Å². The Hall–Kier alpha value is -1.20. The maximum Gasteiger partial charge on any atom is 0.337 e. The van der Waals surface area contributed by atoms with Gasteiger partial charge in [0.2, 0.25) is 20.0 Å². The standard InChI is InChI=1S/C7H7ClN2O6S2/c8-4-1-3(7(11)12)5(17(9,13)14)2-6(4)18(10,15)16/h1-2H,(H,11,12)(H2,9,13,14)(H2,10,15,16). The molecule has 5 N–H and O–H groups in total. The van der Waals surface area contributed by atoms with Gasteiger partial charge in [-0.15, -0.1) is 0 Å². The summed E-state index contributed by atoms with van der Waals surface area (Å²) in [6, 6.07) is 1.17. The summed E-state index contributed by atoms with van der Waals surface area (Å²) >= 11 is 5.52. The number of hydrogen-bond acceptors (Lipinski definition) is 5. The van der Waals surface area contributed by atoms with E-state index < -0.39 is 46.4 Å². The minimum Gasteiger partial charge on any atom is -0.478 e. The van der Waals surface area contributed by atoms with Crippen LogP contribution in [0.25, 0.3) is 0 Å². The molecule has 0 spiro atoms. The van der Waals surface area contributed by atoms with Crippen molar-refractivity contribution in [2.75, 3.05) is 0 Å². The molecule has 1 aromatic carbocycles. The molecule has 0 saturated heterocycles. The molecule has 0 saturated carbocycles. The summed E-state index contributed by atoms with van der Waals surface area (Å²) in [6.45, 7) is 0. The van der Waals surface area contributed by atoms with Crippen LogP contribution >= 0.6 is 11.6 Å². The van der Waals surface area contributed by atoms with Crippen molar-refractivity contribution in [3.63, 3.8) is 0 Å². The Labute approximate surface area is 107 Å². The van der Waals surface area contributed by atoms with Crippen LogP contribution in [-0.4, -0.2) is 27.9 Å². The van der Waals surface area contributed by atoms with E-state index in [-0.39, 0.29) is 0 Å². The highest BCUT2D eigenvalue weighted by molar-refractivity contribution is 7.90. The number of nitrogens with two attached hydrogens (primary N) is 2. The van der Waals surface area contributed by atoms with Crippen molar-refractivity contribution in [3.8, 4) is 0 Å². The van der Waals surface area contributed by atoms with Gasteiger partial charge < -0.3 is 5.11 Å². The lowest BCUT2D eigenvalue weighted by Crippen LogP contribution is -2.19. The Morgan fingerprint density at radius 2 is 1.50 bits per heavy atom. The summed E-state index contributed by atoms with van der Waals surface area (Å²) in [5.41, 5.74) is -0.741. The molecule has 0 aromatic heterocycles. The summed E-state index contributed by atoms with van der Waals surface area (Å²) in [6.07, 6.45) is 0. The van der Waals surface area contributed by atoms with Crippen LogP contribution in [0.5, 0.6) is 0 Å². The molecule has 0 heterocycles. The van der Waals surface area contributed by atoms with Crippen molar-refractivity contribution in [3.05, 3.63) is 22.7 Å². The molecule has 18 heavy (non-hydrogen) atoms. The number of sulfonamides is 2. The molecule has 0 aliphatic rings. The molecule has 0 aliphatic carbocycles. The van der Waals surface area contributed by atoms with E-state index in [9.17, 15) is 21.6 Å². The van der Waals surface area contributed by atoms with Gasteiger partial charge in [0.25, 0.3) is 0 Å². The minimum absolute atomic E-state index is 0.510. The summed E-state index contributed by atoms with van der Waals surface area (Å²) in [5, 5.41) is 17.9. The molecule has 11 heteroatoms. The van der Waals surface area contributed by atoms with E-state index in [1.165, 1.54) is 0 Å². The maximum absolute atomic E-state index is 11.2. The predicted molar refractivity (Wildman–Crippen MR) is 61.2 cm³/mol. The van der Waals surface area contributed by atoms with Crippen LogP contribution < -0.4 is 10.3 Å². The molecule has 8 nitrogen and oxygen atoms in total. The van der Waals surface area contributed by atoms with Crippen LogP contribution in [0.15, 0.2) is 21.9 Å². The molecule has 0 fully saturated rings. The number of hydrogen-bond donors (Lipinski definition) is 3. The second kappa shape index (κ2) is 4.48. The SMILES string of the molecule is NS(=O)(=O)c1cc(S(N)(=O)=O)c(C(=O)O)cc1Cl. The van der Waals surface area contributed by atoms with Gasteiger partial charge in [-0.1, -0.05) is 11.6 Å². The number of carbonyl (C=O) groups is 1. The quantitative estimate of drug-likeness (QED) is 0.671. The van der Waals surface area contributed by atoms with E-state index >= 15 is 0 Å². The van der Waals surface area contributed by atoms with Gasteiger partial charge in [-0.3, -0.25) is 0 Å². The monoisotopic (exact) mass is 314 g/mol. The fourth-order valence-electron chi connectivity index (χ4n) is 1.16. The number of aromatic carboxylic acids is 1. The zero-order valence-electron chi connectivity index (χ0n) is 8.49. The lowest BCUT2D eigenvalue weighted by Gasteiger charge is -2.08. The average Bonchev–Trinajstić information content (AvgIpc) is 2.12. The van der Waals surface area contributed by atoms with Gasteiger partial charge in [-0.05, 0) is 12.1 Å². The largest absolute Gasteiger partial charge is 0.478 e. The fourth-order valence-corrected chi connectivity index (χ4v) is 3.06. The highest BCUT2D eigenvalue weighted by atomic mass is 35.5. The fraction of sp³-hybridized carbons (Fsp3) is 0. The zero-order valence-corrected chi connectivity index (χ0v) is 10.9. The number of carboxylic acids is 1. The van der Waals surface area contributed by atoms with E-state index in [2.05, 4.69) is 0 Å². The maximum atomic E-state index is 11.2. The highest BCUT2D eigenvalue weighted by Crippen LogP contribution is 2.27. The molecular formula is C7H7ClN2O6S2. The van der Waals surface area contributed by atoms with E-state index in [1.807, 2.05) is 0 Å². The van der Waals surface area contributed by atoms with Gasteiger partial charge in [0, 0.05) is 0 Å². The molecule has 0 atom stereocenters. The third kappa shape index (κ3) is 2.97. The lowest BCUT2D eigenvalue weighted by atomic mass is 10.2. The van der Waals surface area contributed by atoms with E-state index in [4.69, 9.17) is 27.0 Å². The molecule has 0 radical (unpaired) electrons. The first-order valence-corrected chi connectivity index (χ1v) is 7.54. The van der Waals surface area contributed by atoms with Crippen LogP contribution in [-0.2, 0) is 20.0 Å². The molecule has 0 amide bonds. The predicted octanol–water partition coefficient (Wildman–Crippen LogP) is -0.667. The minimum atomic E-state index is -4.44. The second-order valence-electron chi connectivity index (χ2n) is 3.17. The first-order valence-electron chi connectivity index (χ1n) is 4.07. The van der Waals surface area contributed by atoms with Crippen molar-refractivity contribution < 1.29 is 26.7 Å². The van der Waals surface area contributed by atoms with Gasteiger partial charge in [-0.2, -0.15) is 0 Å². The Kier molecular flexibility index (Phi) is 3.70. The van der Waals surface area contributed by atoms with Crippen LogP contribution in [0.3, 0.4) is 0 Å². The number of carboxylic acid groups (broad SMARTS) is 1. The summed E-state index contributed by atoms with van der Waals surface area (Å²) in [7, 11) is -8.74. The third-order valence-electron chi connectivity index (χ3n) is 1.88. The molecule has 1 rings (SSSR count). The van der Waals surface area contributed by atoms with Gasteiger partial charge in [0.15, 0.2) is 0 Å². The van der Waals surface area contributed by atoms with Crippen molar-refractivity contribution in [1.29, 1.82) is 0 Å². The molecule has 0 aliphatic heterocycles. The normalized spacial score (nSPS) is 12.4. The van der Waals surface area contributed by atoms with Crippen LogP contribution in [0.1, 0.15) is 10.4 Å². The Morgan fingerprint density at radius 3 is 1.83 bits per heavy atom. The van der Waals surface area contributed by atoms with E-state index in [1.54, 1.807) is 0 Å². The highest BCUT2D eigenvalue weighted by Gasteiger charge is 2.25. The number of rotatable bonds is 3. The number of primary sulfonamides is 2. The topological polar surface area (TPSA) is 158 Å². The smallest absolute Gasteiger partial charge is 0.337 e. The first-order chi connectivity index (χ1) is 7.94. The molecule has 0 unspecified atom stereocenters. The van der Waals surface area contributed by atoms with Crippen molar-refractivity contribution in [1.82, 2.24) is 0 Å². The van der Waals surface area contributed by atoms with Gasteiger partial charge in [0.05, 0.1) is 15.5 Å². The molecule has 100 valence electrons. The number of halogens is 1. The van der Waals surface area contributed by atoms with Crippen LogP contribution in [0, 0.1) is 0 Å². The van der Waals surface area contributed by atoms with Crippen LogP contribution in [0.4, 0.5) is 0 Å². The van der Waals surface area contributed by atoms with Crippen molar-refractivity contribution in [2.45, 2.75) is 9.79 Å². The molecular weight excluding hydrogens is 308 g/mol. The summed E-state index contributed by atoms with van der Waals surface area (Å²) in [4.78, 5) is 9.21. The number of benzene rings is 1. The first kappa shape index (κ1) is 14.9. The second-order valence-corrected chi connectivity index (χ2v) is 6.64. The van der Waals surface area contributed by atoms with E-state index in [0.29, 0.717) is 12.1 Å². The van der Waals surface area contributed by atoms with Gasteiger partial charge >= 0.3 is 5.97 Å². The lowest BCUT2D eigenvalue weighted by molar-refractivity contribution is 0.0692. The van der Waals surface area contributed by atoms with Gasteiger partial charge in [-0.25, -0.2) is 31.9 Å². The van der Waals surface area contributed by atoms with Crippen LogP contribution in [0.2, 0.25) is 5.02 Å². The Balaban J connectivity index is 3.84. The Bertz CT molecular complexity index is 725. The van der Waals surface area contributed by atoms with Crippen molar-refractivity contribution >= 4 is 37.6 Å². The summed E-state index contributed by atoms with van der Waals surface area (Å²) < 4.78 is 44.6. The third-order valence-corrected chi connectivity index (χ3v) is 4.20. The van der Waals surface area contributed by atoms with E-state index in [0.717, 1.165) is 0 Å². The molecule has 0 bridgehead atoms. The summed E-state index contributed by atoms with van der Waals surface area (Å²) in [5.74, 6) is -1.62. The van der Waals surface area contributed by atoms with Crippen molar-refractivity contribution in [2.24, 2.45) is 10.3 Å². The average molecular weight is 315 g/mol. The Morgan fingerprint density at radius 1 is 1.06 bits per heavy atom.